The topological polar surface area (TPSA) is 75.7 Å². The van der Waals surface area contributed by atoms with Gasteiger partial charge < -0.3 is 10.1 Å². The summed E-state index contributed by atoms with van der Waals surface area (Å²) in [5, 5.41) is 2.90. The molecule has 1 N–H and O–H groups in total. The second-order valence-electron chi connectivity index (χ2n) is 6.74. The van der Waals surface area contributed by atoms with E-state index in [-0.39, 0.29) is 17.7 Å². The summed E-state index contributed by atoms with van der Waals surface area (Å²) in [5.41, 5.74) is 1.97. The minimum Gasteiger partial charge on any atom is -0.497 e. The lowest BCUT2D eigenvalue weighted by Gasteiger charge is -2.13. The first-order valence-corrected chi connectivity index (χ1v) is 9.45. The molecular formula is C22H24N2O4. The van der Waals surface area contributed by atoms with E-state index in [4.69, 9.17) is 4.74 Å². The van der Waals surface area contributed by atoms with Gasteiger partial charge in [-0.05, 0) is 42.7 Å². The number of amides is 3. The largest absolute Gasteiger partial charge is 0.497 e. The summed E-state index contributed by atoms with van der Waals surface area (Å²) in [7, 11) is 1.62. The molecule has 146 valence electrons. The summed E-state index contributed by atoms with van der Waals surface area (Å²) in [4.78, 5) is 37.8. The fraction of sp³-hybridized carbons (Fsp3) is 0.318. The predicted octanol–water partition coefficient (Wildman–Crippen LogP) is 3.17. The highest BCUT2D eigenvalue weighted by Gasteiger charge is 2.34. The molecular weight excluding hydrogens is 356 g/mol. The first kappa shape index (κ1) is 19.6. The molecule has 0 fully saturated rings. The number of nitrogens with one attached hydrogen (secondary N) is 1. The number of nitrogens with zero attached hydrogens (tertiary/aromatic N) is 1. The van der Waals surface area contributed by atoms with Gasteiger partial charge in [-0.15, -0.1) is 0 Å². The molecule has 0 spiro atoms. The first-order chi connectivity index (χ1) is 13.6. The van der Waals surface area contributed by atoms with Crippen LogP contribution in [0, 0.1) is 0 Å². The molecule has 6 nitrogen and oxygen atoms in total. The minimum atomic E-state index is -0.224. The Labute approximate surface area is 164 Å². The molecule has 0 unspecified atom stereocenters. The highest BCUT2D eigenvalue weighted by Crippen LogP contribution is 2.22. The van der Waals surface area contributed by atoms with Crippen molar-refractivity contribution < 1.29 is 19.1 Å². The number of imide groups is 1. The summed E-state index contributed by atoms with van der Waals surface area (Å²) in [5.74, 6) is 0.334. The van der Waals surface area contributed by atoms with Crippen LogP contribution >= 0.6 is 0 Å². The van der Waals surface area contributed by atoms with E-state index in [1.54, 1.807) is 31.4 Å². The molecule has 6 heteroatoms. The van der Waals surface area contributed by atoms with Gasteiger partial charge in [-0.25, -0.2) is 0 Å². The molecule has 0 aliphatic carbocycles. The van der Waals surface area contributed by atoms with Crippen LogP contribution in [0.2, 0.25) is 0 Å². The molecule has 1 aliphatic rings. The smallest absolute Gasteiger partial charge is 0.261 e. The number of rotatable bonds is 9. The molecule has 2 aromatic carbocycles. The van der Waals surface area contributed by atoms with Crippen LogP contribution in [-0.4, -0.2) is 36.3 Å². The lowest BCUT2D eigenvalue weighted by molar-refractivity contribution is -0.121. The average molecular weight is 380 g/mol. The van der Waals surface area contributed by atoms with Crippen LogP contribution in [-0.2, 0) is 11.3 Å². The Morgan fingerprint density at radius 3 is 2.18 bits per heavy atom. The molecule has 0 bridgehead atoms. The molecule has 0 saturated carbocycles. The van der Waals surface area contributed by atoms with E-state index < -0.39 is 0 Å². The van der Waals surface area contributed by atoms with Crippen molar-refractivity contribution in [3.63, 3.8) is 0 Å². The van der Waals surface area contributed by atoms with Gasteiger partial charge in [-0.2, -0.15) is 0 Å². The molecule has 28 heavy (non-hydrogen) atoms. The number of hydrogen-bond acceptors (Lipinski definition) is 4. The Hall–Kier alpha value is -3.15. The van der Waals surface area contributed by atoms with E-state index in [2.05, 4.69) is 5.32 Å². The van der Waals surface area contributed by atoms with E-state index in [9.17, 15) is 14.4 Å². The SMILES string of the molecule is COc1ccc(CNC(=O)CCCCCN2C(=O)c3ccccc3C2=O)cc1. The Morgan fingerprint density at radius 2 is 1.57 bits per heavy atom. The average Bonchev–Trinajstić information content (AvgIpc) is 2.97. The highest BCUT2D eigenvalue weighted by atomic mass is 16.5. The second-order valence-corrected chi connectivity index (χ2v) is 6.74. The Kier molecular flexibility index (Phi) is 6.42. The van der Waals surface area contributed by atoms with E-state index in [1.165, 1.54) is 4.90 Å². The van der Waals surface area contributed by atoms with Crippen LogP contribution < -0.4 is 10.1 Å². The number of methoxy groups -OCH3 is 1. The molecule has 1 aliphatic heterocycles. The second kappa shape index (κ2) is 9.17. The van der Waals surface area contributed by atoms with Crippen LogP contribution in [0.25, 0.3) is 0 Å². The molecule has 0 atom stereocenters. The number of carbonyl (C=O) groups is 3. The molecule has 2 aromatic rings. The van der Waals surface area contributed by atoms with Crippen molar-refractivity contribution in [3.05, 3.63) is 65.2 Å². The Balaban J connectivity index is 1.33. The van der Waals surface area contributed by atoms with Crippen molar-refractivity contribution >= 4 is 17.7 Å². The number of ether oxygens (including phenoxy) is 1. The third-order valence-corrected chi connectivity index (χ3v) is 4.81. The minimum absolute atomic E-state index is 0.00320. The number of fused-ring (bicyclic) bond motifs is 1. The zero-order valence-corrected chi connectivity index (χ0v) is 15.9. The lowest BCUT2D eigenvalue weighted by Crippen LogP contribution is -2.30. The maximum absolute atomic E-state index is 12.3. The van der Waals surface area contributed by atoms with Crippen LogP contribution in [0.15, 0.2) is 48.5 Å². The quantitative estimate of drug-likeness (QED) is 0.536. The number of carbonyl (C=O) groups excluding carboxylic acids is 3. The fourth-order valence-corrected chi connectivity index (χ4v) is 3.21. The van der Waals surface area contributed by atoms with Crippen LogP contribution in [0.5, 0.6) is 5.75 Å². The van der Waals surface area contributed by atoms with Crippen molar-refractivity contribution in [1.29, 1.82) is 0 Å². The van der Waals surface area contributed by atoms with E-state index in [1.807, 2.05) is 24.3 Å². The molecule has 0 saturated heterocycles. The predicted molar refractivity (Wildman–Crippen MR) is 105 cm³/mol. The maximum atomic E-state index is 12.3. The third kappa shape index (κ3) is 4.57. The summed E-state index contributed by atoms with van der Waals surface area (Å²) < 4.78 is 5.11. The monoisotopic (exact) mass is 380 g/mol. The Morgan fingerprint density at radius 1 is 0.929 bits per heavy atom. The van der Waals surface area contributed by atoms with Gasteiger partial charge in [0, 0.05) is 19.5 Å². The van der Waals surface area contributed by atoms with Crippen LogP contribution in [0.4, 0.5) is 0 Å². The summed E-state index contributed by atoms with van der Waals surface area (Å²) >= 11 is 0. The standard InChI is InChI=1S/C22H24N2O4/c1-28-17-12-10-16(11-13-17)15-23-20(25)9-3-2-6-14-24-21(26)18-7-4-5-8-19(18)22(24)27/h4-5,7-8,10-13H,2-3,6,9,14-15H2,1H3,(H,23,25). The number of benzene rings is 2. The van der Waals surface area contributed by atoms with E-state index in [0.29, 0.717) is 37.1 Å². The van der Waals surface area contributed by atoms with E-state index >= 15 is 0 Å². The number of hydrogen-bond donors (Lipinski definition) is 1. The van der Waals surface area contributed by atoms with Crippen molar-refractivity contribution in [2.75, 3.05) is 13.7 Å². The van der Waals surface area contributed by atoms with Gasteiger partial charge in [0.15, 0.2) is 0 Å². The summed E-state index contributed by atoms with van der Waals surface area (Å²) in [6.45, 7) is 0.873. The van der Waals surface area contributed by atoms with Gasteiger partial charge in [0.05, 0.1) is 18.2 Å². The summed E-state index contributed by atoms with van der Waals surface area (Å²) in [6.07, 6.45) is 2.62. The lowest BCUT2D eigenvalue weighted by atomic mass is 10.1. The van der Waals surface area contributed by atoms with Crippen molar-refractivity contribution in [3.8, 4) is 5.75 Å². The van der Waals surface area contributed by atoms with Gasteiger partial charge in [-0.1, -0.05) is 30.7 Å². The van der Waals surface area contributed by atoms with Gasteiger partial charge in [0.1, 0.15) is 5.75 Å². The normalized spacial score (nSPS) is 12.8. The highest BCUT2D eigenvalue weighted by molar-refractivity contribution is 6.21. The van der Waals surface area contributed by atoms with Gasteiger partial charge in [0.2, 0.25) is 5.91 Å². The van der Waals surface area contributed by atoms with Crippen LogP contribution in [0.3, 0.4) is 0 Å². The molecule has 1 heterocycles. The van der Waals surface area contributed by atoms with Crippen molar-refractivity contribution in [2.45, 2.75) is 32.2 Å². The molecule has 3 rings (SSSR count). The molecule has 0 aromatic heterocycles. The van der Waals surface area contributed by atoms with E-state index in [0.717, 1.165) is 24.2 Å². The molecule has 3 amide bonds. The van der Waals surface area contributed by atoms with Gasteiger partial charge in [0.25, 0.3) is 11.8 Å². The van der Waals surface area contributed by atoms with Gasteiger partial charge in [-0.3, -0.25) is 19.3 Å². The van der Waals surface area contributed by atoms with Gasteiger partial charge >= 0.3 is 0 Å². The first-order valence-electron chi connectivity index (χ1n) is 9.45. The molecule has 0 radical (unpaired) electrons. The zero-order valence-electron chi connectivity index (χ0n) is 15.9. The van der Waals surface area contributed by atoms with Crippen molar-refractivity contribution in [1.82, 2.24) is 10.2 Å². The zero-order chi connectivity index (χ0) is 19.9. The maximum Gasteiger partial charge on any atom is 0.261 e. The fourth-order valence-electron chi connectivity index (χ4n) is 3.21. The third-order valence-electron chi connectivity index (χ3n) is 4.81. The van der Waals surface area contributed by atoms with Crippen LogP contribution in [0.1, 0.15) is 52.0 Å². The van der Waals surface area contributed by atoms with Crippen molar-refractivity contribution in [2.24, 2.45) is 0 Å². The number of unbranched alkanes of at least 4 members (excludes halogenated alkanes) is 2. The Bertz CT molecular complexity index is 826. The summed E-state index contributed by atoms with van der Waals surface area (Å²) in [6, 6.07) is 14.4.